The molecular formula is C19H18N2O. The van der Waals surface area contributed by atoms with Crippen molar-refractivity contribution >= 4 is 28.4 Å². The molecule has 0 radical (unpaired) electrons. The number of benzene rings is 3. The van der Waals surface area contributed by atoms with Gasteiger partial charge in [-0.1, -0.05) is 36.4 Å². The van der Waals surface area contributed by atoms with Crippen LogP contribution in [0.5, 0.6) is 0 Å². The molecule has 0 unspecified atom stereocenters. The lowest BCUT2D eigenvalue weighted by Crippen LogP contribution is -2.08. The first-order valence-electron chi connectivity index (χ1n) is 7.21. The number of nitrogens with zero attached hydrogens (tertiary/aromatic N) is 2. The van der Waals surface area contributed by atoms with Gasteiger partial charge in [-0.05, 0) is 29.0 Å². The van der Waals surface area contributed by atoms with E-state index in [0.29, 0.717) is 5.69 Å². The summed E-state index contributed by atoms with van der Waals surface area (Å²) in [6.07, 6.45) is 1.63. The molecule has 0 saturated heterocycles. The minimum atomic E-state index is 0.624. The number of anilines is 1. The van der Waals surface area contributed by atoms with Gasteiger partial charge in [0, 0.05) is 37.5 Å². The summed E-state index contributed by atoms with van der Waals surface area (Å²) in [6, 6.07) is 21.6. The number of rotatable bonds is 3. The van der Waals surface area contributed by atoms with E-state index in [-0.39, 0.29) is 0 Å². The molecule has 0 aromatic heterocycles. The molecule has 0 aliphatic heterocycles. The van der Waals surface area contributed by atoms with Crippen LogP contribution in [0.3, 0.4) is 0 Å². The average Bonchev–Trinajstić information content (AvgIpc) is 2.55. The van der Waals surface area contributed by atoms with Gasteiger partial charge in [-0.3, -0.25) is 0 Å². The molecule has 3 aromatic carbocycles. The van der Waals surface area contributed by atoms with Crippen LogP contribution in [0.4, 0.5) is 11.4 Å². The van der Waals surface area contributed by atoms with Gasteiger partial charge < -0.3 is 10.1 Å². The maximum absolute atomic E-state index is 12.4. The van der Waals surface area contributed by atoms with Crippen molar-refractivity contribution in [3.05, 3.63) is 77.5 Å². The molecule has 0 N–H and O–H groups in total. The third-order valence-corrected chi connectivity index (χ3v) is 3.70. The van der Waals surface area contributed by atoms with Crippen molar-refractivity contribution in [1.29, 1.82) is 0 Å². The summed E-state index contributed by atoms with van der Waals surface area (Å²) in [5.74, 6) is 0. The second-order valence-corrected chi connectivity index (χ2v) is 5.43. The summed E-state index contributed by atoms with van der Waals surface area (Å²) in [5, 5.41) is 14.6. The van der Waals surface area contributed by atoms with Crippen molar-refractivity contribution in [2.24, 2.45) is 0 Å². The van der Waals surface area contributed by atoms with E-state index in [1.165, 1.54) is 0 Å². The lowest BCUT2D eigenvalue weighted by atomic mass is 10.1. The first-order valence-corrected chi connectivity index (χ1v) is 7.21. The predicted molar refractivity (Wildman–Crippen MR) is 93.2 cm³/mol. The molecule has 0 aliphatic rings. The molecule has 3 nitrogen and oxygen atoms in total. The standard InChI is InChI=1S/C19H18N2O/c1-20(2)17-10-12-18(13-11-17)21(22)14-16-8-5-7-15-6-3-4-9-19(15)16/h3-14H,1-2H3. The molecule has 0 spiro atoms. The van der Waals surface area contributed by atoms with Crippen LogP contribution in [0.15, 0.2) is 66.7 Å². The maximum atomic E-state index is 12.4. The van der Waals surface area contributed by atoms with E-state index in [1.807, 2.05) is 85.7 Å². The van der Waals surface area contributed by atoms with Crippen molar-refractivity contribution in [2.75, 3.05) is 19.0 Å². The molecule has 3 aromatic rings. The first-order chi connectivity index (χ1) is 10.6. The molecule has 3 rings (SSSR count). The Labute approximate surface area is 130 Å². The highest BCUT2D eigenvalue weighted by molar-refractivity contribution is 5.98. The van der Waals surface area contributed by atoms with E-state index in [0.717, 1.165) is 26.8 Å². The number of hydrogen-bond donors (Lipinski definition) is 0. The Kier molecular flexibility index (Phi) is 3.79. The quantitative estimate of drug-likeness (QED) is 0.313. The third kappa shape index (κ3) is 2.79. The highest BCUT2D eigenvalue weighted by atomic mass is 16.5. The van der Waals surface area contributed by atoms with Gasteiger partial charge in [-0.2, -0.15) is 4.74 Å². The van der Waals surface area contributed by atoms with Crippen LogP contribution < -0.4 is 4.90 Å². The lowest BCUT2D eigenvalue weighted by molar-refractivity contribution is -0.354. The number of hydrogen-bond acceptors (Lipinski definition) is 2. The largest absolute Gasteiger partial charge is 0.618 e. The summed E-state index contributed by atoms with van der Waals surface area (Å²) >= 11 is 0. The van der Waals surface area contributed by atoms with Gasteiger partial charge in [0.1, 0.15) is 0 Å². The van der Waals surface area contributed by atoms with Gasteiger partial charge in [0.2, 0.25) is 5.69 Å². The van der Waals surface area contributed by atoms with Gasteiger partial charge in [-0.15, -0.1) is 0 Å². The molecule has 110 valence electrons. The van der Waals surface area contributed by atoms with Crippen molar-refractivity contribution in [1.82, 2.24) is 0 Å². The monoisotopic (exact) mass is 290 g/mol. The molecular weight excluding hydrogens is 272 g/mol. The molecule has 0 atom stereocenters. The van der Waals surface area contributed by atoms with Crippen molar-refractivity contribution in [3.63, 3.8) is 0 Å². The highest BCUT2D eigenvalue weighted by Crippen LogP contribution is 2.20. The Hall–Kier alpha value is -2.81. The highest BCUT2D eigenvalue weighted by Gasteiger charge is 2.05. The molecule has 0 fully saturated rings. The zero-order valence-corrected chi connectivity index (χ0v) is 12.7. The van der Waals surface area contributed by atoms with Crippen molar-refractivity contribution < 1.29 is 4.74 Å². The van der Waals surface area contributed by atoms with Gasteiger partial charge in [0.25, 0.3) is 0 Å². The summed E-state index contributed by atoms with van der Waals surface area (Å²) in [4.78, 5) is 2.01. The fourth-order valence-corrected chi connectivity index (χ4v) is 2.46. The van der Waals surface area contributed by atoms with Crippen LogP contribution in [-0.2, 0) is 0 Å². The fourth-order valence-electron chi connectivity index (χ4n) is 2.46. The van der Waals surface area contributed by atoms with E-state index < -0.39 is 0 Å². The summed E-state index contributed by atoms with van der Waals surface area (Å²) in [7, 11) is 3.96. The van der Waals surface area contributed by atoms with E-state index in [2.05, 4.69) is 0 Å². The van der Waals surface area contributed by atoms with Crippen molar-refractivity contribution in [2.45, 2.75) is 0 Å². The zero-order valence-electron chi connectivity index (χ0n) is 12.7. The Bertz CT molecular complexity index is 815. The van der Waals surface area contributed by atoms with E-state index in [1.54, 1.807) is 6.21 Å². The smallest absolute Gasteiger partial charge is 0.216 e. The van der Waals surface area contributed by atoms with Crippen LogP contribution >= 0.6 is 0 Å². The molecule has 22 heavy (non-hydrogen) atoms. The Morgan fingerprint density at radius 2 is 1.55 bits per heavy atom. The summed E-state index contributed by atoms with van der Waals surface area (Å²) in [5.41, 5.74) is 2.62. The van der Waals surface area contributed by atoms with E-state index in [4.69, 9.17) is 0 Å². The Morgan fingerprint density at radius 1 is 0.864 bits per heavy atom. The minimum Gasteiger partial charge on any atom is -0.618 e. The maximum Gasteiger partial charge on any atom is 0.216 e. The minimum absolute atomic E-state index is 0.624. The van der Waals surface area contributed by atoms with Gasteiger partial charge in [0.15, 0.2) is 6.21 Å². The molecule has 3 heteroatoms. The predicted octanol–water partition coefficient (Wildman–Crippen LogP) is 4.17. The first kappa shape index (κ1) is 14.1. The third-order valence-electron chi connectivity index (χ3n) is 3.70. The fraction of sp³-hybridized carbons (Fsp3) is 0.105. The zero-order chi connectivity index (χ0) is 15.5. The molecule has 0 saturated carbocycles. The second-order valence-electron chi connectivity index (χ2n) is 5.43. The topological polar surface area (TPSA) is 29.3 Å². The van der Waals surface area contributed by atoms with Crippen LogP contribution in [0.2, 0.25) is 0 Å². The Morgan fingerprint density at radius 3 is 2.27 bits per heavy atom. The lowest BCUT2D eigenvalue weighted by Gasteiger charge is -2.12. The molecule has 0 heterocycles. The normalized spacial score (nSPS) is 11.6. The van der Waals surface area contributed by atoms with Crippen molar-refractivity contribution in [3.8, 4) is 0 Å². The van der Waals surface area contributed by atoms with Gasteiger partial charge in [0.05, 0.1) is 0 Å². The second kappa shape index (κ2) is 5.90. The molecule has 0 aliphatic carbocycles. The Balaban J connectivity index is 1.99. The molecule has 0 bridgehead atoms. The van der Waals surface area contributed by atoms with E-state index >= 15 is 0 Å². The SMILES string of the molecule is CN(C)c1ccc([N+]([O-])=Cc2cccc3ccccc23)cc1. The van der Waals surface area contributed by atoms with Gasteiger partial charge >= 0.3 is 0 Å². The van der Waals surface area contributed by atoms with Gasteiger partial charge in [-0.25, -0.2) is 0 Å². The molecule has 0 amide bonds. The van der Waals surface area contributed by atoms with Crippen LogP contribution in [0.1, 0.15) is 5.56 Å². The van der Waals surface area contributed by atoms with Crippen LogP contribution in [-0.4, -0.2) is 25.0 Å². The van der Waals surface area contributed by atoms with Crippen LogP contribution in [0, 0.1) is 5.21 Å². The average molecular weight is 290 g/mol. The summed E-state index contributed by atoms with van der Waals surface area (Å²) in [6.45, 7) is 0. The van der Waals surface area contributed by atoms with Crippen LogP contribution in [0.25, 0.3) is 10.8 Å². The van der Waals surface area contributed by atoms with E-state index in [9.17, 15) is 5.21 Å². The number of fused-ring (bicyclic) bond motifs is 1. The summed E-state index contributed by atoms with van der Waals surface area (Å²) < 4.78 is 0.918.